The molecule has 4 nitrogen and oxygen atoms in total. The van der Waals surface area contributed by atoms with Gasteiger partial charge in [-0.1, -0.05) is 0 Å². The number of rotatable bonds is 6. The van der Waals surface area contributed by atoms with Gasteiger partial charge in [0, 0.05) is 13.1 Å². The van der Waals surface area contributed by atoms with Crippen LogP contribution in [0.3, 0.4) is 0 Å². The van der Waals surface area contributed by atoms with E-state index in [2.05, 4.69) is 27.5 Å². The fourth-order valence-corrected chi connectivity index (χ4v) is 2.57. The minimum atomic E-state index is 0.607. The minimum absolute atomic E-state index is 0.607. The zero-order valence-corrected chi connectivity index (χ0v) is 10.4. The normalized spacial score (nSPS) is 21.0. The van der Waals surface area contributed by atoms with Gasteiger partial charge < -0.3 is 10.6 Å². The number of nitrogens with zero attached hydrogens (tertiary/aromatic N) is 2. The molecule has 2 saturated carbocycles. The second-order valence-electron chi connectivity index (χ2n) is 5.31. The van der Waals surface area contributed by atoms with Crippen molar-refractivity contribution < 1.29 is 0 Å². The van der Waals surface area contributed by atoms with Gasteiger partial charge in [0.1, 0.15) is 11.6 Å². The average Bonchev–Trinajstić information content (AvgIpc) is 3.19. The van der Waals surface area contributed by atoms with Crippen LogP contribution in [-0.4, -0.2) is 23.1 Å². The molecule has 0 amide bonds. The highest BCUT2D eigenvalue weighted by Crippen LogP contribution is 2.61. The molecule has 0 bridgehead atoms. The van der Waals surface area contributed by atoms with Crippen LogP contribution >= 0.6 is 0 Å². The van der Waals surface area contributed by atoms with Crippen LogP contribution in [0, 0.1) is 11.3 Å². The van der Waals surface area contributed by atoms with Gasteiger partial charge in [-0.05, 0) is 43.9 Å². The Morgan fingerprint density at radius 2 is 1.94 bits per heavy atom. The largest absolute Gasteiger partial charge is 0.369 e. The van der Waals surface area contributed by atoms with E-state index in [-0.39, 0.29) is 0 Å². The summed E-state index contributed by atoms with van der Waals surface area (Å²) in [5.41, 5.74) is 0.607. The zero-order chi connectivity index (χ0) is 11.7. The first-order valence-corrected chi connectivity index (χ1v) is 6.62. The Bertz CT molecular complexity index is 396. The lowest BCUT2D eigenvalue weighted by molar-refractivity contribution is 0.466. The minimum Gasteiger partial charge on any atom is -0.369 e. The number of anilines is 2. The lowest BCUT2D eigenvalue weighted by Gasteiger charge is -2.15. The number of aromatic nitrogens is 2. The van der Waals surface area contributed by atoms with E-state index in [0.717, 1.165) is 30.6 Å². The quantitative estimate of drug-likeness (QED) is 0.791. The lowest BCUT2D eigenvalue weighted by atomic mass is 10.0. The third kappa shape index (κ3) is 2.35. The van der Waals surface area contributed by atoms with Gasteiger partial charge in [-0.2, -0.15) is 0 Å². The van der Waals surface area contributed by atoms with Crippen molar-refractivity contribution in [2.75, 3.05) is 23.7 Å². The molecule has 0 radical (unpaired) electrons. The van der Waals surface area contributed by atoms with E-state index in [1.807, 2.05) is 6.20 Å². The molecule has 0 spiro atoms. The van der Waals surface area contributed by atoms with E-state index in [4.69, 9.17) is 0 Å². The van der Waals surface area contributed by atoms with Gasteiger partial charge in [0.05, 0.1) is 12.4 Å². The molecule has 1 aromatic rings. The molecule has 3 rings (SSSR count). The van der Waals surface area contributed by atoms with E-state index in [1.54, 1.807) is 6.20 Å². The Hall–Kier alpha value is -1.32. The summed E-state index contributed by atoms with van der Waals surface area (Å²) in [5, 5.41) is 6.64. The first kappa shape index (κ1) is 10.8. The molecule has 17 heavy (non-hydrogen) atoms. The Balaban J connectivity index is 1.59. The smallest absolute Gasteiger partial charge is 0.146 e. The molecule has 0 saturated heterocycles. The van der Waals surface area contributed by atoms with Crippen molar-refractivity contribution >= 4 is 11.6 Å². The van der Waals surface area contributed by atoms with Crippen molar-refractivity contribution in [1.82, 2.24) is 9.97 Å². The first-order valence-electron chi connectivity index (χ1n) is 6.62. The number of hydrogen-bond donors (Lipinski definition) is 2. The van der Waals surface area contributed by atoms with Gasteiger partial charge in [-0.25, -0.2) is 4.98 Å². The van der Waals surface area contributed by atoms with Crippen molar-refractivity contribution in [2.45, 2.75) is 32.6 Å². The molecule has 4 heteroatoms. The van der Waals surface area contributed by atoms with E-state index < -0.39 is 0 Å². The molecule has 2 fully saturated rings. The molecule has 1 aromatic heterocycles. The lowest BCUT2D eigenvalue weighted by Crippen LogP contribution is -2.18. The van der Waals surface area contributed by atoms with Crippen LogP contribution < -0.4 is 10.6 Å². The summed E-state index contributed by atoms with van der Waals surface area (Å²) in [6.45, 7) is 4.01. The fraction of sp³-hybridized carbons (Fsp3) is 0.692. The van der Waals surface area contributed by atoms with Crippen LogP contribution in [0.2, 0.25) is 0 Å². The summed E-state index contributed by atoms with van der Waals surface area (Å²) >= 11 is 0. The predicted octanol–water partition coefficient (Wildman–Crippen LogP) is 2.51. The molecule has 1 heterocycles. The van der Waals surface area contributed by atoms with Crippen LogP contribution in [0.4, 0.5) is 11.6 Å². The van der Waals surface area contributed by atoms with Crippen LogP contribution in [0.25, 0.3) is 0 Å². The second-order valence-corrected chi connectivity index (χ2v) is 5.31. The average molecular weight is 232 g/mol. The van der Waals surface area contributed by atoms with Crippen molar-refractivity contribution in [1.29, 1.82) is 0 Å². The van der Waals surface area contributed by atoms with E-state index >= 15 is 0 Å². The highest BCUT2D eigenvalue weighted by Gasteiger charge is 2.53. The summed E-state index contributed by atoms with van der Waals surface area (Å²) in [7, 11) is 0. The molecule has 2 aliphatic carbocycles. The summed E-state index contributed by atoms with van der Waals surface area (Å²) in [4.78, 5) is 8.69. The SMILES string of the molecule is CCNc1cncc(NCC2(C3CC3)CC2)n1. The fourth-order valence-electron chi connectivity index (χ4n) is 2.57. The summed E-state index contributed by atoms with van der Waals surface area (Å²) in [6, 6.07) is 0. The molecule has 0 aliphatic heterocycles. The molecule has 2 N–H and O–H groups in total. The number of nitrogens with one attached hydrogen (secondary N) is 2. The van der Waals surface area contributed by atoms with Gasteiger partial charge in [0.25, 0.3) is 0 Å². The second kappa shape index (κ2) is 4.17. The van der Waals surface area contributed by atoms with E-state index in [1.165, 1.54) is 25.7 Å². The first-order chi connectivity index (χ1) is 8.32. The summed E-state index contributed by atoms with van der Waals surface area (Å²) < 4.78 is 0. The van der Waals surface area contributed by atoms with E-state index in [0.29, 0.717) is 5.41 Å². The third-order valence-electron chi connectivity index (χ3n) is 3.95. The van der Waals surface area contributed by atoms with Crippen LogP contribution in [-0.2, 0) is 0 Å². The Morgan fingerprint density at radius 3 is 2.53 bits per heavy atom. The van der Waals surface area contributed by atoms with Crippen molar-refractivity contribution in [2.24, 2.45) is 11.3 Å². The predicted molar refractivity (Wildman–Crippen MR) is 69.1 cm³/mol. The standard InChI is InChI=1S/C13H20N4/c1-2-15-11-7-14-8-12(17-11)16-9-13(5-6-13)10-3-4-10/h7-8,10H,2-6,9H2,1H3,(H2,15,16,17). The monoisotopic (exact) mass is 232 g/mol. The van der Waals surface area contributed by atoms with Gasteiger partial charge >= 0.3 is 0 Å². The van der Waals surface area contributed by atoms with Crippen LogP contribution in [0.1, 0.15) is 32.6 Å². The van der Waals surface area contributed by atoms with Gasteiger partial charge in [0.2, 0.25) is 0 Å². The molecule has 2 aliphatic rings. The highest BCUT2D eigenvalue weighted by atomic mass is 15.1. The maximum Gasteiger partial charge on any atom is 0.146 e. The maximum absolute atomic E-state index is 4.49. The van der Waals surface area contributed by atoms with Gasteiger partial charge in [-0.15, -0.1) is 0 Å². The van der Waals surface area contributed by atoms with Crippen molar-refractivity contribution in [3.63, 3.8) is 0 Å². The highest BCUT2D eigenvalue weighted by molar-refractivity contribution is 5.41. The molecule has 92 valence electrons. The maximum atomic E-state index is 4.49. The topological polar surface area (TPSA) is 49.8 Å². The Kier molecular flexibility index (Phi) is 2.65. The number of hydrogen-bond acceptors (Lipinski definition) is 4. The summed E-state index contributed by atoms with van der Waals surface area (Å²) in [6.07, 6.45) is 9.23. The van der Waals surface area contributed by atoms with Crippen LogP contribution in [0.15, 0.2) is 12.4 Å². The molecule has 0 unspecified atom stereocenters. The third-order valence-corrected chi connectivity index (χ3v) is 3.95. The Morgan fingerprint density at radius 1 is 1.24 bits per heavy atom. The zero-order valence-electron chi connectivity index (χ0n) is 10.4. The van der Waals surface area contributed by atoms with Crippen molar-refractivity contribution in [3.8, 4) is 0 Å². The summed E-state index contributed by atoms with van der Waals surface area (Å²) in [5.74, 6) is 2.74. The molecule has 0 aromatic carbocycles. The molecular formula is C13H20N4. The Labute approximate surface area is 102 Å². The van der Waals surface area contributed by atoms with Gasteiger partial charge in [0.15, 0.2) is 0 Å². The molecule has 0 atom stereocenters. The van der Waals surface area contributed by atoms with Crippen molar-refractivity contribution in [3.05, 3.63) is 12.4 Å². The molecular weight excluding hydrogens is 212 g/mol. The van der Waals surface area contributed by atoms with E-state index in [9.17, 15) is 0 Å². The van der Waals surface area contributed by atoms with Crippen LogP contribution in [0.5, 0.6) is 0 Å². The van der Waals surface area contributed by atoms with Gasteiger partial charge in [-0.3, -0.25) is 4.98 Å².